The van der Waals surface area contributed by atoms with Crippen LogP contribution in [-0.2, 0) is 21.5 Å². The van der Waals surface area contributed by atoms with Crippen molar-refractivity contribution in [3.63, 3.8) is 0 Å². The van der Waals surface area contributed by atoms with Gasteiger partial charge in [-0.1, -0.05) is 78.6 Å². The van der Waals surface area contributed by atoms with Crippen LogP contribution in [0.1, 0.15) is 12.8 Å². The molecule has 8 heteroatoms. The summed E-state index contributed by atoms with van der Waals surface area (Å²) < 4.78 is 12.7. The van der Waals surface area contributed by atoms with Gasteiger partial charge in [-0.25, -0.2) is 0 Å². The average molecular weight is 450 g/mol. The SMILES string of the molecule is C[Si](C)(C)N(C1(N([Si](C)(C)C)[Si](C)(C)C)CCCO1)[Si](C)(C)C.[Co]. The monoisotopic (exact) mass is 449 g/mol. The maximum Gasteiger partial charge on any atom is 0.155 e. The van der Waals surface area contributed by atoms with Gasteiger partial charge in [-0.05, 0) is 6.42 Å². The molecule has 0 amide bonds. The zero-order valence-electron chi connectivity index (χ0n) is 18.3. The van der Waals surface area contributed by atoms with E-state index in [0.717, 1.165) is 6.61 Å². The van der Waals surface area contributed by atoms with Gasteiger partial charge in [-0.15, -0.1) is 0 Å². The molecule has 147 valence electrons. The van der Waals surface area contributed by atoms with Gasteiger partial charge in [-0.3, -0.25) is 0 Å². The summed E-state index contributed by atoms with van der Waals surface area (Å²) in [6, 6.07) is 0. The van der Waals surface area contributed by atoms with E-state index in [2.05, 4.69) is 87.0 Å². The van der Waals surface area contributed by atoms with E-state index in [-0.39, 0.29) is 22.6 Å². The van der Waals surface area contributed by atoms with Crippen LogP contribution in [0.4, 0.5) is 0 Å². The molecular weight excluding hydrogens is 407 g/mol. The van der Waals surface area contributed by atoms with Crippen LogP contribution in [-0.4, -0.2) is 53.9 Å². The molecule has 0 bridgehead atoms. The first kappa shape index (κ1) is 25.3. The fraction of sp³-hybridized carbons (Fsp3) is 1.00. The van der Waals surface area contributed by atoms with Gasteiger partial charge in [-0.2, -0.15) is 0 Å². The quantitative estimate of drug-likeness (QED) is 0.399. The minimum absolute atomic E-state index is 0. The fourth-order valence-electron chi connectivity index (χ4n) is 5.17. The van der Waals surface area contributed by atoms with E-state index in [0.29, 0.717) is 0 Å². The van der Waals surface area contributed by atoms with Crippen LogP contribution in [0.15, 0.2) is 0 Å². The van der Waals surface area contributed by atoms with Gasteiger partial charge in [0.25, 0.3) is 0 Å². The van der Waals surface area contributed by atoms with Gasteiger partial charge in [0.05, 0.1) is 6.61 Å². The molecule has 0 aliphatic carbocycles. The van der Waals surface area contributed by atoms with E-state index in [1.807, 2.05) is 0 Å². The maximum atomic E-state index is 6.76. The van der Waals surface area contributed by atoms with Gasteiger partial charge in [0.2, 0.25) is 0 Å². The Labute approximate surface area is 166 Å². The average Bonchev–Trinajstić information content (AvgIpc) is 2.55. The van der Waals surface area contributed by atoms with Crippen LogP contribution in [0, 0.1) is 0 Å². The van der Waals surface area contributed by atoms with Crippen molar-refractivity contribution in [2.24, 2.45) is 0 Å². The third kappa shape index (κ3) is 5.38. The van der Waals surface area contributed by atoms with Crippen molar-refractivity contribution in [1.29, 1.82) is 0 Å². The third-order valence-corrected chi connectivity index (χ3v) is 19.2. The molecule has 24 heavy (non-hydrogen) atoms. The topological polar surface area (TPSA) is 15.7 Å². The van der Waals surface area contributed by atoms with Gasteiger partial charge in [0.15, 0.2) is 5.85 Å². The molecule has 0 aromatic carbocycles. The molecule has 0 N–H and O–H groups in total. The minimum atomic E-state index is -1.51. The number of rotatable bonds is 6. The number of hydrogen-bond donors (Lipinski definition) is 0. The normalized spacial score (nSPS) is 19.8. The van der Waals surface area contributed by atoms with Crippen LogP contribution in [0.2, 0.25) is 78.6 Å². The molecule has 1 heterocycles. The molecular formula is C16H42CoN2OSi4. The van der Waals surface area contributed by atoms with Gasteiger partial charge >= 0.3 is 0 Å². The molecule has 1 fully saturated rings. The van der Waals surface area contributed by atoms with Crippen LogP contribution >= 0.6 is 0 Å². The maximum absolute atomic E-state index is 6.76. The summed E-state index contributed by atoms with van der Waals surface area (Å²) in [7, 11) is -6.03. The Kier molecular flexibility index (Phi) is 8.11. The zero-order chi connectivity index (χ0) is 18.5. The molecule has 0 spiro atoms. The number of nitrogens with zero attached hydrogens (tertiary/aromatic N) is 2. The first-order valence-corrected chi connectivity index (χ1v) is 23.0. The second-order valence-electron chi connectivity index (χ2n) is 11.0. The van der Waals surface area contributed by atoms with E-state index in [1.54, 1.807) is 0 Å². The number of ether oxygens (including phenoxy) is 1. The predicted molar refractivity (Wildman–Crippen MR) is 115 cm³/mol. The summed E-state index contributed by atoms with van der Waals surface area (Å²) >= 11 is 0. The van der Waals surface area contributed by atoms with Crippen molar-refractivity contribution in [2.75, 3.05) is 6.61 Å². The molecule has 0 aromatic heterocycles. The van der Waals surface area contributed by atoms with Crippen molar-refractivity contribution in [3.8, 4) is 0 Å². The Hall–Kier alpha value is 1.25. The van der Waals surface area contributed by atoms with Crippen molar-refractivity contribution >= 4 is 32.9 Å². The van der Waals surface area contributed by atoms with Crippen molar-refractivity contribution in [2.45, 2.75) is 97.3 Å². The Morgan fingerprint density at radius 2 is 0.917 bits per heavy atom. The van der Waals surface area contributed by atoms with Crippen molar-refractivity contribution in [1.82, 2.24) is 8.46 Å². The van der Waals surface area contributed by atoms with Crippen molar-refractivity contribution in [3.05, 3.63) is 0 Å². The molecule has 0 unspecified atom stereocenters. The molecule has 1 saturated heterocycles. The molecule has 0 aromatic rings. The second kappa shape index (κ2) is 7.71. The van der Waals surface area contributed by atoms with Gasteiger partial charge in [0.1, 0.15) is 32.9 Å². The molecule has 1 aliphatic rings. The van der Waals surface area contributed by atoms with Gasteiger partial charge in [0, 0.05) is 23.2 Å². The second-order valence-corrected chi connectivity index (χ2v) is 31.1. The van der Waals surface area contributed by atoms with Crippen LogP contribution in [0.3, 0.4) is 0 Å². The smallest absolute Gasteiger partial charge is 0.155 e. The molecule has 1 radical (unpaired) electrons. The summed E-state index contributed by atoms with van der Waals surface area (Å²) in [6.07, 6.45) is 2.40. The Bertz CT molecular complexity index is 354. The van der Waals surface area contributed by atoms with Gasteiger partial charge < -0.3 is 13.2 Å². The van der Waals surface area contributed by atoms with Crippen molar-refractivity contribution < 1.29 is 21.5 Å². The number of hydrogen-bond acceptors (Lipinski definition) is 3. The molecule has 3 nitrogen and oxygen atoms in total. The molecule has 0 saturated carbocycles. The summed E-state index contributed by atoms with van der Waals surface area (Å²) in [5.41, 5.74) is 0. The summed E-state index contributed by atoms with van der Waals surface area (Å²) in [6.45, 7) is 31.1. The van der Waals surface area contributed by atoms with E-state index < -0.39 is 32.9 Å². The fourth-order valence-corrected chi connectivity index (χ4v) is 27.0. The van der Waals surface area contributed by atoms with Crippen LogP contribution in [0.5, 0.6) is 0 Å². The third-order valence-electron chi connectivity index (χ3n) is 4.36. The Balaban J connectivity index is 0.00000529. The first-order chi connectivity index (χ1) is 9.94. The standard InChI is InChI=1S/C16H42N2OSi4.Co/c1-20(2,3)17(21(4,5)6)16(14-13-15-19-16)18(22(7,8)9)23(10,11)12;/h13-15H2,1-12H3;. The van der Waals surface area contributed by atoms with Crippen LogP contribution in [0.25, 0.3) is 0 Å². The predicted octanol–water partition coefficient (Wildman–Crippen LogP) is 5.39. The Morgan fingerprint density at radius 3 is 1.08 bits per heavy atom. The van der Waals surface area contributed by atoms with E-state index in [1.165, 1.54) is 12.8 Å². The van der Waals surface area contributed by atoms with E-state index in [9.17, 15) is 0 Å². The summed E-state index contributed by atoms with van der Waals surface area (Å²) in [5, 5.41) is 0. The largest absolute Gasteiger partial charge is 0.349 e. The minimum Gasteiger partial charge on any atom is -0.349 e. The van der Waals surface area contributed by atoms with Crippen LogP contribution < -0.4 is 0 Å². The molecule has 0 atom stereocenters. The first-order valence-electron chi connectivity index (χ1n) is 9.19. The zero-order valence-corrected chi connectivity index (χ0v) is 23.3. The van der Waals surface area contributed by atoms with E-state index >= 15 is 0 Å². The molecule has 1 aliphatic heterocycles. The summed E-state index contributed by atoms with van der Waals surface area (Å²) in [5.74, 6) is -0.121. The Morgan fingerprint density at radius 1 is 0.625 bits per heavy atom. The summed E-state index contributed by atoms with van der Waals surface area (Å²) in [4.78, 5) is 0. The molecule has 1 rings (SSSR count). The van der Waals surface area contributed by atoms with E-state index in [4.69, 9.17) is 4.74 Å².